The van der Waals surface area contributed by atoms with Gasteiger partial charge in [-0.15, -0.1) is 10.2 Å². The molecule has 114 valence electrons. The molecule has 0 aliphatic rings. The Hall–Kier alpha value is -1.66. The van der Waals surface area contributed by atoms with Crippen molar-refractivity contribution in [3.05, 3.63) is 34.6 Å². The van der Waals surface area contributed by atoms with Gasteiger partial charge in [0.25, 0.3) is 0 Å². The summed E-state index contributed by atoms with van der Waals surface area (Å²) in [6, 6.07) is 6.07. The van der Waals surface area contributed by atoms with Crippen molar-refractivity contribution in [3.63, 3.8) is 0 Å². The zero-order valence-electron chi connectivity index (χ0n) is 12.5. The number of rotatable bonds is 7. The van der Waals surface area contributed by atoms with Crippen molar-refractivity contribution >= 4 is 11.6 Å². The van der Waals surface area contributed by atoms with Crippen molar-refractivity contribution in [1.29, 1.82) is 0 Å². The Bertz CT molecular complexity index is 586. The minimum Gasteiger partial charge on any atom is -0.484 e. The Morgan fingerprint density at radius 2 is 2.24 bits per heavy atom. The molecule has 0 bridgehead atoms. The summed E-state index contributed by atoms with van der Waals surface area (Å²) in [6.07, 6.45) is 1.10. The van der Waals surface area contributed by atoms with Gasteiger partial charge in [0.05, 0.1) is 12.1 Å². The molecule has 0 saturated carbocycles. The zero-order valence-corrected chi connectivity index (χ0v) is 13.3. The lowest BCUT2D eigenvalue weighted by atomic mass is 10.1. The number of benzene rings is 1. The van der Waals surface area contributed by atoms with E-state index < -0.39 is 0 Å². The predicted molar refractivity (Wildman–Crippen MR) is 81.3 cm³/mol. The molecule has 21 heavy (non-hydrogen) atoms. The first-order valence-electron chi connectivity index (χ1n) is 6.98. The van der Waals surface area contributed by atoms with Gasteiger partial charge in [0.2, 0.25) is 5.82 Å². The molecule has 0 spiro atoms. The molecule has 1 heterocycles. The molecule has 1 atom stereocenters. The van der Waals surface area contributed by atoms with E-state index in [0.717, 1.165) is 18.5 Å². The molecule has 7 heteroatoms. The van der Waals surface area contributed by atoms with E-state index in [1.165, 1.54) is 4.80 Å². The van der Waals surface area contributed by atoms with E-state index in [1.807, 2.05) is 18.2 Å². The van der Waals surface area contributed by atoms with Crippen LogP contribution in [-0.4, -0.2) is 26.8 Å². The summed E-state index contributed by atoms with van der Waals surface area (Å²) in [7, 11) is 1.71. The van der Waals surface area contributed by atoms with Crippen molar-refractivity contribution in [2.75, 3.05) is 6.54 Å². The monoisotopic (exact) mass is 309 g/mol. The SMILES string of the molecule is CCCNC(C)c1ccc(OCc2nnn(C)n2)c(Cl)c1. The van der Waals surface area contributed by atoms with Crippen LogP contribution in [-0.2, 0) is 13.7 Å². The van der Waals surface area contributed by atoms with Crippen LogP contribution in [0.1, 0.15) is 37.7 Å². The highest BCUT2D eigenvalue weighted by molar-refractivity contribution is 6.32. The number of ether oxygens (including phenoxy) is 1. The minimum absolute atomic E-state index is 0.247. The topological polar surface area (TPSA) is 64.9 Å². The highest BCUT2D eigenvalue weighted by Crippen LogP contribution is 2.28. The maximum atomic E-state index is 6.26. The third kappa shape index (κ3) is 4.41. The molecule has 1 unspecified atom stereocenters. The van der Waals surface area contributed by atoms with Gasteiger partial charge < -0.3 is 10.1 Å². The van der Waals surface area contributed by atoms with Crippen molar-refractivity contribution < 1.29 is 4.74 Å². The molecular weight excluding hydrogens is 290 g/mol. The molecule has 0 aliphatic heterocycles. The molecule has 1 aromatic heterocycles. The standard InChI is InChI=1S/C14H20ClN5O/c1-4-7-16-10(2)11-5-6-13(12(15)8-11)21-9-14-17-19-20(3)18-14/h5-6,8,10,16H,4,7,9H2,1-3H3. The van der Waals surface area contributed by atoms with Gasteiger partial charge in [-0.25, -0.2) is 0 Å². The van der Waals surface area contributed by atoms with E-state index in [2.05, 4.69) is 34.6 Å². The normalized spacial score (nSPS) is 12.4. The number of aryl methyl sites for hydroxylation is 1. The number of aromatic nitrogens is 4. The highest BCUT2D eigenvalue weighted by Gasteiger charge is 2.09. The largest absolute Gasteiger partial charge is 0.484 e. The summed E-state index contributed by atoms with van der Waals surface area (Å²) in [4.78, 5) is 1.39. The first kappa shape index (κ1) is 15.7. The summed E-state index contributed by atoms with van der Waals surface area (Å²) >= 11 is 6.26. The lowest BCUT2D eigenvalue weighted by molar-refractivity contribution is 0.295. The van der Waals surface area contributed by atoms with Crippen LogP contribution in [0.25, 0.3) is 0 Å². The summed E-state index contributed by atoms with van der Waals surface area (Å²) in [5.41, 5.74) is 1.14. The molecule has 6 nitrogen and oxygen atoms in total. The first-order chi connectivity index (χ1) is 10.1. The number of hydrogen-bond donors (Lipinski definition) is 1. The third-order valence-corrected chi connectivity index (χ3v) is 3.36. The molecule has 1 N–H and O–H groups in total. The van der Waals surface area contributed by atoms with Crippen molar-refractivity contribution in [3.8, 4) is 5.75 Å². The summed E-state index contributed by atoms with van der Waals surface area (Å²) in [5, 5.41) is 15.7. The van der Waals surface area contributed by atoms with E-state index in [4.69, 9.17) is 16.3 Å². The fourth-order valence-corrected chi connectivity index (χ4v) is 2.15. The second kappa shape index (κ2) is 7.38. The van der Waals surface area contributed by atoms with Gasteiger partial charge in [0.15, 0.2) is 6.61 Å². The van der Waals surface area contributed by atoms with E-state index in [9.17, 15) is 0 Å². The van der Waals surface area contributed by atoms with Gasteiger partial charge in [-0.05, 0) is 42.8 Å². The highest BCUT2D eigenvalue weighted by atomic mass is 35.5. The number of halogens is 1. The van der Waals surface area contributed by atoms with Crippen LogP contribution < -0.4 is 10.1 Å². The molecule has 2 rings (SSSR count). The fourth-order valence-electron chi connectivity index (χ4n) is 1.91. The van der Waals surface area contributed by atoms with Crippen molar-refractivity contribution in [2.45, 2.75) is 32.9 Å². The number of nitrogens with zero attached hydrogens (tertiary/aromatic N) is 4. The Balaban J connectivity index is 1.98. The number of tetrazole rings is 1. The minimum atomic E-state index is 0.247. The Labute approximate surface area is 129 Å². The summed E-state index contributed by atoms with van der Waals surface area (Å²) in [5.74, 6) is 1.14. The van der Waals surface area contributed by atoms with E-state index >= 15 is 0 Å². The zero-order chi connectivity index (χ0) is 15.2. The molecule has 0 saturated heterocycles. The second-order valence-corrected chi connectivity index (χ2v) is 5.26. The first-order valence-corrected chi connectivity index (χ1v) is 7.36. The molecule has 1 aromatic carbocycles. The van der Waals surface area contributed by atoms with Crippen molar-refractivity contribution in [2.24, 2.45) is 7.05 Å². The smallest absolute Gasteiger partial charge is 0.212 e. The molecule has 2 aromatic rings. The van der Waals surface area contributed by atoms with Crippen LogP contribution >= 0.6 is 11.6 Å². The quantitative estimate of drug-likeness (QED) is 0.851. The average molecular weight is 310 g/mol. The Kier molecular flexibility index (Phi) is 5.52. The average Bonchev–Trinajstić information content (AvgIpc) is 2.89. The molecule has 0 amide bonds. The van der Waals surface area contributed by atoms with Gasteiger partial charge >= 0.3 is 0 Å². The summed E-state index contributed by atoms with van der Waals surface area (Å²) in [6.45, 7) is 5.49. The van der Waals surface area contributed by atoms with Gasteiger partial charge in [-0.1, -0.05) is 24.6 Å². The molecule has 0 fully saturated rings. The van der Waals surface area contributed by atoms with Crippen LogP contribution in [0.2, 0.25) is 5.02 Å². The van der Waals surface area contributed by atoms with Gasteiger partial charge in [-0.2, -0.15) is 4.80 Å². The van der Waals surface area contributed by atoms with E-state index in [0.29, 0.717) is 16.6 Å². The van der Waals surface area contributed by atoms with E-state index in [-0.39, 0.29) is 12.6 Å². The van der Waals surface area contributed by atoms with Crippen molar-refractivity contribution in [1.82, 2.24) is 25.5 Å². The number of hydrogen-bond acceptors (Lipinski definition) is 5. The Morgan fingerprint density at radius 3 is 2.86 bits per heavy atom. The third-order valence-electron chi connectivity index (χ3n) is 3.06. The molecule has 0 aliphatic carbocycles. The van der Waals surface area contributed by atoms with Crippen LogP contribution in [0, 0.1) is 0 Å². The molecule has 0 radical (unpaired) electrons. The van der Waals surface area contributed by atoms with Gasteiger partial charge in [0, 0.05) is 6.04 Å². The number of nitrogens with one attached hydrogen (secondary N) is 1. The van der Waals surface area contributed by atoms with Crippen LogP contribution in [0.15, 0.2) is 18.2 Å². The maximum absolute atomic E-state index is 6.26. The predicted octanol–water partition coefficient (Wildman–Crippen LogP) is 2.50. The fraction of sp³-hybridized carbons (Fsp3) is 0.500. The van der Waals surface area contributed by atoms with Crippen LogP contribution in [0.5, 0.6) is 5.75 Å². The molecular formula is C14H20ClN5O. The van der Waals surface area contributed by atoms with Gasteiger partial charge in [-0.3, -0.25) is 0 Å². The lowest BCUT2D eigenvalue weighted by Gasteiger charge is -2.15. The maximum Gasteiger partial charge on any atom is 0.212 e. The second-order valence-electron chi connectivity index (χ2n) is 4.85. The Morgan fingerprint density at radius 1 is 1.43 bits per heavy atom. The van der Waals surface area contributed by atoms with E-state index in [1.54, 1.807) is 7.05 Å². The lowest BCUT2D eigenvalue weighted by Crippen LogP contribution is -2.19. The van der Waals surface area contributed by atoms with Gasteiger partial charge in [0.1, 0.15) is 5.75 Å². The summed E-state index contributed by atoms with van der Waals surface area (Å²) < 4.78 is 5.62. The van der Waals surface area contributed by atoms with Crippen LogP contribution in [0.3, 0.4) is 0 Å². The van der Waals surface area contributed by atoms with Crippen LogP contribution in [0.4, 0.5) is 0 Å².